The van der Waals surface area contributed by atoms with Crippen LogP contribution in [0.25, 0.3) is 0 Å². The van der Waals surface area contributed by atoms with Gasteiger partial charge in [-0.2, -0.15) is 4.98 Å². The first-order chi connectivity index (χ1) is 9.28. The molecule has 0 amide bonds. The predicted molar refractivity (Wildman–Crippen MR) is 76.7 cm³/mol. The zero-order chi connectivity index (χ0) is 13.5. The zero-order valence-electron chi connectivity index (χ0n) is 11.9. The molecule has 1 aromatic heterocycles. The molecule has 0 unspecified atom stereocenters. The van der Waals surface area contributed by atoms with Crippen LogP contribution in [0.15, 0.2) is 6.07 Å². The number of ether oxygens (including phenoxy) is 1. The molecule has 1 fully saturated rings. The van der Waals surface area contributed by atoms with Gasteiger partial charge in [-0.3, -0.25) is 0 Å². The van der Waals surface area contributed by atoms with E-state index < -0.39 is 0 Å². The van der Waals surface area contributed by atoms with Crippen LogP contribution in [0.5, 0.6) is 5.88 Å². The maximum atomic E-state index is 5.55. The minimum atomic E-state index is 0.646. The first kappa shape index (κ1) is 14.1. The summed E-state index contributed by atoms with van der Waals surface area (Å²) < 4.78 is 5.55. The molecule has 0 aliphatic carbocycles. The van der Waals surface area contributed by atoms with Crippen molar-refractivity contribution >= 4 is 5.95 Å². The maximum Gasteiger partial charge on any atom is 0.226 e. The number of nitrogens with one attached hydrogen (secondary N) is 2. The third-order valence-electron chi connectivity index (χ3n) is 3.22. The lowest BCUT2D eigenvalue weighted by molar-refractivity contribution is 0.305. The van der Waals surface area contributed by atoms with Crippen molar-refractivity contribution in [1.29, 1.82) is 0 Å². The molecule has 1 aliphatic heterocycles. The molecule has 1 atom stereocenters. The van der Waals surface area contributed by atoms with Gasteiger partial charge in [-0.05, 0) is 39.2 Å². The highest BCUT2D eigenvalue weighted by molar-refractivity contribution is 5.30. The van der Waals surface area contributed by atoms with Crippen LogP contribution >= 0.6 is 0 Å². The molecule has 0 saturated carbocycles. The summed E-state index contributed by atoms with van der Waals surface area (Å²) in [6.07, 6.45) is 4.67. The fourth-order valence-corrected chi connectivity index (χ4v) is 2.26. The Morgan fingerprint density at radius 3 is 3.11 bits per heavy atom. The molecule has 0 radical (unpaired) electrons. The largest absolute Gasteiger partial charge is 0.478 e. The Kier molecular flexibility index (Phi) is 5.39. The molecule has 0 aromatic carbocycles. The topological polar surface area (TPSA) is 59.1 Å². The highest BCUT2D eigenvalue weighted by Crippen LogP contribution is 2.13. The summed E-state index contributed by atoms with van der Waals surface area (Å²) in [6.45, 7) is 6.79. The van der Waals surface area contributed by atoms with E-state index >= 15 is 0 Å². The highest BCUT2D eigenvalue weighted by atomic mass is 16.5. The molecule has 19 heavy (non-hydrogen) atoms. The Hall–Kier alpha value is -1.36. The number of anilines is 1. The van der Waals surface area contributed by atoms with Crippen molar-refractivity contribution in [3.8, 4) is 5.88 Å². The first-order valence-electron chi connectivity index (χ1n) is 7.23. The lowest BCUT2D eigenvalue weighted by Crippen LogP contribution is -2.24. The number of rotatable bonds is 7. The van der Waals surface area contributed by atoms with Crippen molar-refractivity contribution in [2.75, 3.05) is 25.0 Å². The molecule has 0 bridgehead atoms. The van der Waals surface area contributed by atoms with Gasteiger partial charge in [0, 0.05) is 24.3 Å². The smallest absolute Gasteiger partial charge is 0.226 e. The summed E-state index contributed by atoms with van der Waals surface area (Å²) in [5, 5.41) is 6.77. The van der Waals surface area contributed by atoms with E-state index in [9.17, 15) is 0 Å². The van der Waals surface area contributed by atoms with Gasteiger partial charge in [-0.15, -0.1) is 0 Å². The van der Waals surface area contributed by atoms with Gasteiger partial charge in [0.2, 0.25) is 11.8 Å². The molecule has 1 aromatic rings. The normalized spacial score (nSPS) is 18.5. The van der Waals surface area contributed by atoms with E-state index in [1.54, 1.807) is 0 Å². The van der Waals surface area contributed by atoms with Crippen LogP contribution in [-0.4, -0.2) is 35.7 Å². The number of nitrogens with zero attached hydrogens (tertiary/aromatic N) is 2. The minimum Gasteiger partial charge on any atom is -0.478 e. The van der Waals surface area contributed by atoms with Crippen LogP contribution in [0.3, 0.4) is 0 Å². The van der Waals surface area contributed by atoms with Crippen molar-refractivity contribution in [3.63, 3.8) is 0 Å². The monoisotopic (exact) mass is 264 g/mol. The van der Waals surface area contributed by atoms with E-state index in [2.05, 4.69) is 27.5 Å². The second-order valence-corrected chi connectivity index (χ2v) is 5.03. The molecule has 5 nitrogen and oxygen atoms in total. The molecule has 106 valence electrons. The van der Waals surface area contributed by atoms with Crippen molar-refractivity contribution in [2.45, 2.75) is 45.6 Å². The first-order valence-corrected chi connectivity index (χ1v) is 7.23. The van der Waals surface area contributed by atoms with E-state index in [4.69, 9.17) is 4.74 Å². The summed E-state index contributed by atoms with van der Waals surface area (Å²) in [4.78, 5) is 8.75. The second-order valence-electron chi connectivity index (χ2n) is 5.03. The van der Waals surface area contributed by atoms with Gasteiger partial charge in [-0.1, -0.05) is 6.92 Å². The van der Waals surface area contributed by atoms with Crippen LogP contribution in [-0.2, 0) is 0 Å². The predicted octanol–water partition coefficient (Wildman–Crippen LogP) is 2.13. The Balaban J connectivity index is 1.82. The number of aryl methyl sites for hydroxylation is 1. The highest BCUT2D eigenvalue weighted by Gasteiger charge is 2.13. The van der Waals surface area contributed by atoms with Gasteiger partial charge in [0.1, 0.15) is 0 Å². The number of aromatic nitrogens is 2. The average Bonchev–Trinajstić information content (AvgIpc) is 2.89. The zero-order valence-corrected chi connectivity index (χ0v) is 11.9. The quantitative estimate of drug-likeness (QED) is 0.790. The fraction of sp³-hybridized carbons (Fsp3) is 0.714. The van der Waals surface area contributed by atoms with E-state index in [0.29, 0.717) is 24.5 Å². The summed E-state index contributed by atoms with van der Waals surface area (Å²) in [5.41, 5.74) is 0.933. The van der Waals surface area contributed by atoms with E-state index in [1.807, 2.05) is 13.0 Å². The standard InChI is InChI=1S/C14H24N4O/c1-3-9-19-13-10-11(2)17-14(18-13)16-8-6-12-5-4-7-15-12/h10,12,15H,3-9H2,1-2H3,(H,16,17,18)/t12-/m0/s1. The third kappa shape index (κ3) is 4.67. The van der Waals surface area contributed by atoms with Crippen molar-refractivity contribution in [2.24, 2.45) is 0 Å². The van der Waals surface area contributed by atoms with Crippen molar-refractivity contribution < 1.29 is 4.74 Å². The van der Waals surface area contributed by atoms with E-state index in [1.165, 1.54) is 12.8 Å². The van der Waals surface area contributed by atoms with Crippen molar-refractivity contribution in [3.05, 3.63) is 11.8 Å². The van der Waals surface area contributed by atoms with Gasteiger partial charge in [-0.25, -0.2) is 4.98 Å². The fourth-order valence-electron chi connectivity index (χ4n) is 2.26. The molecule has 0 spiro atoms. The molecular formula is C14H24N4O. The van der Waals surface area contributed by atoms with Crippen LogP contribution < -0.4 is 15.4 Å². The maximum absolute atomic E-state index is 5.55. The SMILES string of the molecule is CCCOc1cc(C)nc(NCC[C@@H]2CCCN2)n1. The van der Waals surface area contributed by atoms with Crippen molar-refractivity contribution in [1.82, 2.24) is 15.3 Å². The second kappa shape index (κ2) is 7.28. The average molecular weight is 264 g/mol. The molecule has 2 heterocycles. The van der Waals surface area contributed by atoms with E-state index in [-0.39, 0.29) is 0 Å². The molecule has 1 aliphatic rings. The number of hydrogen-bond acceptors (Lipinski definition) is 5. The van der Waals surface area contributed by atoms with Crippen LogP contribution in [0.2, 0.25) is 0 Å². The molecule has 2 N–H and O–H groups in total. The molecule has 2 rings (SSSR count). The van der Waals surface area contributed by atoms with Gasteiger partial charge in [0.05, 0.1) is 6.61 Å². The van der Waals surface area contributed by atoms with Crippen LogP contribution in [0, 0.1) is 6.92 Å². The Labute approximate surface area is 115 Å². The molecule has 5 heteroatoms. The summed E-state index contributed by atoms with van der Waals surface area (Å²) >= 11 is 0. The van der Waals surface area contributed by atoms with Crippen LogP contribution in [0.1, 0.15) is 38.3 Å². The molecule has 1 saturated heterocycles. The van der Waals surface area contributed by atoms with Gasteiger partial charge >= 0.3 is 0 Å². The van der Waals surface area contributed by atoms with Gasteiger partial charge < -0.3 is 15.4 Å². The van der Waals surface area contributed by atoms with Crippen LogP contribution in [0.4, 0.5) is 5.95 Å². The summed E-state index contributed by atoms with van der Waals surface area (Å²) in [5.74, 6) is 1.33. The summed E-state index contributed by atoms with van der Waals surface area (Å²) in [6, 6.07) is 2.52. The van der Waals surface area contributed by atoms with Gasteiger partial charge in [0.15, 0.2) is 0 Å². The summed E-state index contributed by atoms with van der Waals surface area (Å²) in [7, 11) is 0. The Bertz CT molecular complexity index is 391. The Morgan fingerprint density at radius 1 is 1.47 bits per heavy atom. The lowest BCUT2D eigenvalue weighted by atomic mass is 10.1. The third-order valence-corrected chi connectivity index (χ3v) is 3.22. The Morgan fingerprint density at radius 2 is 2.37 bits per heavy atom. The minimum absolute atomic E-state index is 0.646. The molecular weight excluding hydrogens is 240 g/mol. The van der Waals surface area contributed by atoms with E-state index in [0.717, 1.165) is 31.6 Å². The lowest BCUT2D eigenvalue weighted by Gasteiger charge is -2.12. The van der Waals surface area contributed by atoms with Gasteiger partial charge in [0.25, 0.3) is 0 Å². The number of hydrogen-bond donors (Lipinski definition) is 2.